The number of hydrogen-bond donors (Lipinski definition) is 1. The van der Waals surface area contributed by atoms with Crippen LogP contribution in [0.1, 0.15) is 13.3 Å². The van der Waals surface area contributed by atoms with E-state index < -0.39 is 15.8 Å². The molecular formula is C8H17NO4S. The lowest BCUT2D eigenvalue weighted by atomic mass is 10.5. The van der Waals surface area contributed by atoms with E-state index in [-0.39, 0.29) is 17.9 Å². The first-order chi connectivity index (χ1) is 6.52. The topological polar surface area (TPSA) is 72.5 Å². The molecule has 0 saturated heterocycles. The zero-order valence-corrected chi connectivity index (χ0v) is 9.39. The summed E-state index contributed by atoms with van der Waals surface area (Å²) in [6.45, 7) is 3.08. The maximum Gasteiger partial charge on any atom is 0.306 e. The van der Waals surface area contributed by atoms with Crippen molar-refractivity contribution in [3.63, 3.8) is 0 Å². The van der Waals surface area contributed by atoms with Gasteiger partial charge in [-0.25, -0.2) is 8.42 Å². The Labute approximate surface area is 84.7 Å². The maximum absolute atomic E-state index is 11.3. The Morgan fingerprint density at radius 3 is 2.50 bits per heavy atom. The monoisotopic (exact) mass is 223 g/mol. The Morgan fingerprint density at radius 1 is 1.36 bits per heavy atom. The summed E-state index contributed by atoms with van der Waals surface area (Å²) in [5.74, 6) is -0.555. The summed E-state index contributed by atoms with van der Waals surface area (Å²) in [5.41, 5.74) is 0. The second-order valence-electron chi connectivity index (χ2n) is 2.83. The van der Waals surface area contributed by atoms with Gasteiger partial charge in [0.25, 0.3) is 0 Å². The van der Waals surface area contributed by atoms with Gasteiger partial charge in [-0.1, -0.05) is 6.92 Å². The minimum Gasteiger partial charge on any atom is -0.469 e. The Bertz CT molecular complexity index is 261. The third-order valence-corrected chi connectivity index (χ3v) is 3.34. The average Bonchev–Trinajstić information content (AvgIpc) is 2.14. The number of esters is 1. The van der Waals surface area contributed by atoms with E-state index in [9.17, 15) is 13.2 Å². The molecule has 0 bridgehead atoms. The Hall–Kier alpha value is -0.620. The number of sulfone groups is 1. The molecule has 0 fully saturated rings. The fraction of sp³-hybridized carbons (Fsp3) is 0.875. The highest BCUT2D eigenvalue weighted by Crippen LogP contribution is 1.94. The zero-order valence-electron chi connectivity index (χ0n) is 8.58. The van der Waals surface area contributed by atoms with Crippen LogP contribution < -0.4 is 5.32 Å². The lowest BCUT2D eigenvalue weighted by Crippen LogP contribution is -2.25. The molecule has 5 nitrogen and oxygen atoms in total. The molecule has 0 aliphatic rings. The zero-order chi connectivity index (χ0) is 11.0. The molecule has 0 spiro atoms. The van der Waals surface area contributed by atoms with Gasteiger partial charge in [-0.05, 0) is 6.54 Å². The van der Waals surface area contributed by atoms with E-state index in [0.717, 1.165) is 6.54 Å². The van der Waals surface area contributed by atoms with Crippen LogP contribution in [0.3, 0.4) is 0 Å². The first-order valence-electron chi connectivity index (χ1n) is 4.49. The molecule has 0 saturated carbocycles. The molecule has 0 unspecified atom stereocenters. The third-order valence-electron chi connectivity index (χ3n) is 1.68. The highest BCUT2D eigenvalue weighted by atomic mass is 32.2. The van der Waals surface area contributed by atoms with Crippen molar-refractivity contribution in [3.05, 3.63) is 0 Å². The van der Waals surface area contributed by atoms with Crippen LogP contribution in [0.2, 0.25) is 0 Å². The molecule has 0 aromatic heterocycles. The van der Waals surface area contributed by atoms with Gasteiger partial charge in [0.05, 0.1) is 25.0 Å². The highest BCUT2D eigenvalue weighted by Gasteiger charge is 2.12. The summed E-state index contributed by atoms with van der Waals surface area (Å²) in [6.07, 6.45) is -0.0645. The normalized spacial score (nSPS) is 11.3. The molecule has 0 radical (unpaired) electrons. The van der Waals surface area contributed by atoms with Crippen LogP contribution in [0.15, 0.2) is 0 Å². The smallest absolute Gasteiger partial charge is 0.306 e. The van der Waals surface area contributed by atoms with E-state index in [1.54, 1.807) is 0 Å². The summed E-state index contributed by atoms with van der Waals surface area (Å²) in [7, 11) is -1.88. The fourth-order valence-corrected chi connectivity index (χ4v) is 1.98. The number of ether oxygens (including phenoxy) is 1. The molecule has 0 aliphatic heterocycles. The van der Waals surface area contributed by atoms with Crippen LogP contribution in [0.4, 0.5) is 0 Å². The van der Waals surface area contributed by atoms with Gasteiger partial charge in [0.2, 0.25) is 0 Å². The van der Waals surface area contributed by atoms with Crippen molar-refractivity contribution in [2.45, 2.75) is 13.3 Å². The fourth-order valence-electron chi connectivity index (χ4n) is 0.847. The third kappa shape index (κ3) is 6.85. The van der Waals surface area contributed by atoms with E-state index >= 15 is 0 Å². The van der Waals surface area contributed by atoms with Crippen LogP contribution in [-0.4, -0.2) is 46.1 Å². The quantitative estimate of drug-likeness (QED) is 0.468. The minimum atomic E-state index is -3.12. The predicted octanol–water partition coefficient (Wildman–Crippen LogP) is -0.426. The lowest BCUT2D eigenvalue weighted by molar-refractivity contribution is -0.140. The average molecular weight is 223 g/mol. The molecule has 0 atom stereocenters. The van der Waals surface area contributed by atoms with Gasteiger partial charge in [-0.3, -0.25) is 4.79 Å². The number of carbonyl (C=O) groups is 1. The van der Waals surface area contributed by atoms with Crippen LogP contribution in [0, 0.1) is 0 Å². The molecular weight excluding hydrogens is 206 g/mol. The summed E-state index contributed by atoms with van der Waals surface area (Å²) in [4.78, 5) is 10.7. The molecule has 0 rings (SSSR count). The molecule has 0 aliphatic carbocycles. The highest BCUT2D eigenvalue weighted by molar-refractivity contribution is 7.91. The Kier molecular flexibility index (Phi) is 6.48. The van der Waals surface area contributed by atoms with Crippen molar-refractivity contribution in [2.75, 3.05) is 31.7 Å². The van der Waals surface area contributed by atoms with E-state index in [2.05, 4.69) is 10.1 Å². The van der Waals surface area contributed by atoms with E-state index in [4.69, 9.17) is 0 Å². The number of rotatable bonds is 7. The predicted molar refractivity (Wildman–Crippen MR) is 53.8 cm³/mol. The lowest BCUT2D eigenvalue weighted by Gasteiger charge is -2.03. The second-order valence-corrected chi connectivity index (χ2v) is 5.14. The van der Waals surface area contributed by atoms with Gasteiger partial charge in [0.15, 0.2) is 9.84 Å². The van der Waals surface area contributed by atoms with Crippen molar-refractivity contribution in [1.29, 1.82) is 0 Å². The number of carbonyl (C=O) groups excluding carboxylic acids is 1. The minimum absolute atomic E-state index is 0.0645. The first kappa shape index (κ1) is 13.4. The number of methoxy groups -OCH3 is 1. The summed E-state index contributed by atoms with van der Waals surface area (Å²) in [5, 5.41) is 2.91. The molecule has 0 aromatic rings. The van der Waals surface area contributed by atoms with Crippen LogP contribution in [-0.2, 0) is 19.4 Å². The van der Waals surface area contributed by atoms with Crippen molar-refractivity contribution in [3.8, 4) is 0 Å². The molecule has 84 valence electrons. The summed E-state index contributed by atoms with van der Waals surface area (Å²) < 4.78 is 26.9. The van der Waals surface area contributed by atoms with Crippen molar-refractivity contribution < 1.29 is 17.9 Å². The van der Waals surface area contributed by atoms with Gasteiger partial charge in [-0.2, -0.15) is 0 Å². The van der Waals surface area contributed by atoms with E-state index in [0.29, 0.717) is 6.54 Å². The van der Waals surface area contributed by atoms with Gasteiger partial charge in [-0.15, -0.1) is 0 Å². The number of hydrogen-bond acceptors (Lipinski definition) is 5. The molecule has 1 N–H and O–H groups in total. The van der Waals surface area contributed by atoms with Crippen LogP contribution in [0.25, 0.3) is 0 Å². The largest absolute Gasteiger partial charge is 0.469 e. The van der Waals surface area contributed by atoms with Crippen LogP contribution in [0.5, 0.6) is 0 Å². The van der Waals surface area contributed by atoms with Crippen LogP contribution >= 0.6 is 0 Å². The van der Waals surface area contributed by atoms with Gasteiger partial charge < -0.3 is 10.1 Å². The molecule has 6 heteroatoms. The Morgan fingerprint density at radius 2 is 2.00 bits per heavy atom. The standard InChI is InChI=1S/C8H17NO4S/c1-3-9-5-7-14(11,12)6-4-8(10)13-2/h9H,3-7H2,1-2H3. The van der Waals surface area contributed by atoms with Gasteiger partial charge in [0, 0.05) is 6.54 Å². The maximum atomic E-state index is 11.3. The number of nitrogens with one attached hydrogen (secondary N) is 1. The SMILES string of the molecule is CCNCCS(=O)(=O)CCC(=O)OC. The van der Waals surface area contributed by atoms with Crippen molar-refractivity contribution >= 4 is 15.8 Å². The Balaban J connectivity index is 3.78. The molecule has 0 amide bonds. The summed E-state index contributed by atoms with van der Waals surface area (Å²) in [6, 6.07) is 0. The van der Waals surface area contributed by atoms with E-state index in [1.165, 1.54) is 7.11 Å². The second kappa shape index (κ2) is 6.78. The molecule has 0 heterocycles. The summed E-state index contributed by atoms with van der Waals surface area (Å²) >= 11 is 0. The first-order valence-corrected chi connectivity index (χ1v) is 6.32. The van der Waals surface area contributed by atoms with Crippen molar-refractivity contribution in [2.24, 2.45) is 0 Å². The molecule has 0 aromatic carbocycles. The van der Waals surface area contributed by atoms with Crippen molar-refractivity contribution in [1.82, 2.24) is 5.32 Å². The van der Waals surface area contributed by atoms with Gasteiger partial charge in [0.1, 0.15) is 0 Å². The molecule has 14 heavy (non-hydrogen) atoms. The van der Waals surface area contributed by atoms with E-state index in [1.807, 2.05) is 6.92 Å². The van der Waals surface area contributed by atoms with Gasteiger partial charge >= 0.3 is 5.97 Å².